The maximum Gasteiger partial charge on any atom is 0.147 e. The summed E-state index contributed by atoms with van der Waals surface area (Å²) in [6.07, 6.45) is 0. The molecule has 0 unspecified atom stereocenters. The average Bonchev–Trinajstić information content (AvgIpc) is 2.41. The topological polar surface area (TPSA) is 71.1 Å². The minimum absolute atomic E-state index is 0. The second-order valence-corrected chi connectivity index (χ2v) is 3.97. The van der Waals surface area contributed by atoms with Crippen molar-refractivity contribution in [3.05, 3.63) is 53.8 Å². The first-order valence-corrected chi connectivity index (χ1v) is 5.65. The van der Waals surface area contributed by atoms with Crippen molar-refractivity contribution in [3.8, 4) is 5.75 Å². The van der Waals surface area contributed by atoms with E-state index < -0.39 is 5.82 Å². The molecule has 6 heteroatoms. The van der Waals surface area contributed by atoms with E-state index in [-0.39, 0.29) is 18.2 Å². The van der Waals surface area contributed by atoms with Gasteiger partial charge in [-0.05, 0) is 30.3 Å². The van der Waals surface area contributed by atoms with Crippen LogP contribution in [-0.2, 0) is 0 Å². The van der Waals surface area contributed by atoms with E-state index in [1.54, 1.807) is 37.4 Å². The molecule has 0 spiro atoms. The highest BCUT2D eigenvalue weighted by Gasteiger charge is 2.06. The van der Waals surface area contributed by atoms with Gasteiger partial charge in [0.1, 0.15) is 17.4 Å². The van der Waals surface area contributed by atoms with Crippen LogP contribution >= 0.6 is 12.4 Å². The van der Waals surface area contributed by atoms with E-state index in [2.05, 4.69) is 5.32 Å². The first-order valence-electron chi connectivity index (χ1n) is 5.65. The molecule has 0 atom stereocenters. The van der Waals surface area contributed by atoms with Crippen molar-refractivity contribution in [1.29, 1.82) is 5.41 Å². The SMILES string of the molecule is COc1cccc(Nc2ccc(C(=N)N)cc2F)c1.Cl. The molecular weight excluding hydrogens is 281 g/mol. The first-order chi connectivity index (χ1) is 9.10. The fourth-order valence-electron chi connectivity index (χ4n) is 1.64. The molecular formula is C14H15ClFN3O. The Kier molecular flexibility index (Phi) is 5.34. The Hall–Kier alpha value is -2.27. The van der Waals surface area contributed by atoms with Crippen molar-refractivity contribution in [2.45, 2.75) is 0 Å². The lowest BCUT2D eigenvalue weighted by molar-refractivity contribution is 0.415. The van der Waals surface area contributed by atoms with Gasteiger partial charge in [-0.15, -0.1) is 12.4 Å². The number of benzene rings is 2. The van der Waals surface area contributed by atoms with E-state index in [1.807, 2.05) is 6.07 Å². The number of hydrogen-bond donors (Lipinski definition) is 3. The van der Waals surface area contributed by atoms with Crippen molar-refractivity contribution >= 4 is 29.6 Å². The highest BCUT2D eigenvalue weighted by molar-refractivity contribution is 5.95. The van der Waals surface area contributed by atoms with Gasteiger partial charge in [0.2, 0.25) is 0 Å². The molecule has 20 heavy (non-hydrogen) atoms. The fraction of sp³-hybridized carbons (Fsp3) is 0.0714. The monoisotopic (exact) mass is 295 g/mol. The van der Waals surface area contributed by atoms with Crippen molar-refractivity contribution in [2.75, 3.05) is 12.4 Å². The Labute approximate surface area is 122 Å². The summed E-state index contributed by atoms with van der Waals surface area (Å²) in [7, 11) is 1.57. The van der Waals surface area contributed by atoms with Crippen LogP contribution in [0.1, 0.15) is 5.56 Å². The van der Waals surface area contributed by atoms with Gasteiger partial charge in [0.15, 0.2) is 0 Å². The van der Waals surface area contributed by atoms with Crippen molar-refractivity contribution < 1.29 is 9.13 Å². The summed E-state index contributed by atoms with van der Waals surface area (Å²) in [5.74, 6) is 0.0631. The van der Waals surface area contributed by atoms with Crippen molar-refractivity contribution in [2.24, 2.45) is 5.73 Å². The van der Waals surface area contributed by atoms with Gasteiger partial charge in [-0.3, -0.25) is 5.41 Å². The van der Waals surface area contributed by atoms with E-state index >= 15 is 0 Å². The zero-order chi connectivity index (χ0) is 13.8. The van der Waals surface area contributed by atoms with Crippen LogP contribution < -0.4 is 15.8 Å². The summed E-state index contributed by atoms with van der Waals surface area (Å²) in [4.78, 5) is 0. The molecule has 0 radical (unpaired) electrons. The number of anilines is 2. The third-order valence-electron chi connectivity index (χ3n) is 2.63. The number of halogens is 2. The molecule has 4 nitrogen and oxygen atoms in total. The van der Waals surface area contributed by atoms with Crippen LogP contribution in [0, 0.1) is 11.2 Å². The molecule has 0 amide bonds. The molecule has 0 aliphatic rings. The Morgan fingerprint density at radius 2 is 2.00 bits per heavy atom. The Bertz CT molecular complexity index is 619. The van der Waals surface area contributed by atoms with Gasteiger partial charge in [0, 0.05) is 17.3 Å². The smallest absolute Gasteiger partial charge is 0.147 e. The zero-order valence-electron chi connectivity index (χ0n) is 10.8. The number of rotatable bonds is 4. The summed E-state index contributed by atoms with van der Waals surface area (Å²) < 4.78 is 18.9. The van der Waals surface area contributed by atoms with E-state index in [4.69, 9.17) is 15.9 Å². The summed E-state index contributed by atoms with van der Waals surface area (Å²) >= 11 is 0. The summed E-state index contributed by atoms with van der Waals surface area (Å²) in [5.41, 5.74) is 6.69. The minimum atomic E-state index is -0.462. The molecule has 0 bridgehead atoms. The van der Waals surface area contributed by atoms with Gasteiger partial charge in [-0.1, -0.05) is 6.07 Å². The van der Waals surface area contributed by atoms with Crippen LogP contribution in [0.15, 0.2) is 42.5 Å². The molecule has 2 aromatic rings. The molecule has 0 aliphatic heterocycles. The van der Waals surface area contributed by atoms with Gasteiger partial charge in [0.05, 0.1) is 12.8 Å². The van der Waals surface area contributed by atoms with Gasteiger partial charge in [0.25, 0.3) is 0 Å². The quantitative estimate of drug-likeness (QED) is 0.599. The molecule has 0 aromatic heterocycles. The Balaban J connectivity index is 0.00000200. The van der Waals surface area contributed by atoms with Crippen LogP contribution in [0.5, 0.6) is 5.75 Å². The fourth-order valence-corrected chi connectivity index (χ4v) is 1.64. The highest BCUT2D eigenvalue weighted by Crippen LogP contribution is 2.23. The number of nitrogens with one attached hydrogen (secondary N) is 2. The number of methoxy groups -OCH3 is 1. The third kappa shape index (κ3) is 3.61. The molecule has 0 saturated carbocycles. The molecule has 106 valence electrons. The van der Waals surface area contributed by atoms with E-state index in [1.165, 1.54) is 6.07 Å². The Morgan fingerprint density at radius 3 is 2.60 bits per heavy atom. The molecule has 0 heterocycles. The van der Waals surface area contributed by atoms with Crippen LogP contribution in [-0.4, -0.2) is 12.9 Å². The maximum atomic E-state index is 13.8. The highest BCUT2D eigenvalue weighted by atomic mass is 35.5. The molecule has 2 aromatic carbocycles. The van der Waals surface area contributed by atoms with Gasteiger partial charge >= 0.3 is 0 Å². The van der Waals surface area contributed by atoms with E-state index in [0.29, 0.717) is 22.7 Å². The molecule has 0 fully saturated rings. The lowest BCUT2D eigenvalue weighted by Gasteiger charge is -2.10. The average molecular weight is 296 g/mol. The normalized spacial score (nSPS) is 9.50. The summed E-state index contributed by atoms with van der Waals surface area (Å²) in [6, 6.07) is 11.5. The third-order valence-corrected chi connectivity index (χ3v) is 2.63. The Morgan fingerprint density at radius 1 is 1.25 bits per heavy atom. The number of hydrogen-bond acceptors (Lipinski definition) is 3. The second-order valence-electron chi connectivity index (χ2n) is 3.97. The predicted octanol–water partition coefficient (Wildman–Crippen LogP) is 3.28. The standard InChI is InChI=1S/C14H14FN3O.ClH/c1-19-11-4-2-3-10(8-11)18-13-6-5-9(14(16)17)7-12(13)15;/h2-8,18H,1H3,(H3,16,17);1H. The first kappa shape index (κ1) is 15.8. The van der Waals surface area contributed by atoms with Gasteiger partial charge in [-0.2, -0.15) is 0 Å². The van der Waals surface area contributed by atoms with Gasteiger partial charge in [-0.25, -0.2) is 4.39 Å². The van der Waals surface area contributed by atoms with Crippen LogP contribution in [0.3, 0.4) is 0 Å². The summed E-state index contributed by atoms with van der Waals surface area (Å²) in [5, 5.41) is 10.2. The molecule has 2 rings (SSSR count). The van der Waals surface area contributed by atoms with E-state index in [0.717, 1.165) is 0 Å². The minimum Gasteiger partial charge on any atom is -0.497 e. The number of nitrogen functional groups attached to an aromatic ring is 1. The van der Waals surface area contributed by atoms with Crippen LogP contribution in [0.2, 0.25) is 0 Å². The lowest BCUT2D eigenvalue weighted by atomic mass is 10.1. The number of nitrogens with two attached hydrogens (primary N) is 1. The second kappa shape index (κ2) is 6.77. The van der Waals surface area contributed by atoms with Crippen LogP contribution in [0.4, 0.5) is 15.8 Å². The molecule has 0 saturated heterocycles. The largest absolute Gasteiger partial charge is 0.497 e. The lowest BCUT2D eigenvalue weighted by Crippen LogP contribution is -2.11. The summed E-state index contributed by atoms with van der Waals surface area (Å²) in [6.45, 7) is 0. The van der Waals surface area contributed by atoms with Crippen molar-refractivity contribution in [3.63, 3.8) is 0 Å². The zero-order valence-corrected chi connectivity index (χ0v) is 11.6. The molecule has 0 aliphatic carbocycles. The predicted molar refractivity (Wildman–Crippen MR) is 80.9 cm³/mol. The number of amidine groups is 1. The van der Waals surface area contributed by atoms with Crippen molar-refractivity contribution in [1.82, 2.24) is 0 Å². The molecule has 4 N–H and O–H groups in total. The number of ether oxygens (including phenoxy) is 1. The van der Waals surface area contributed by atoms with E-state index in [9.17, 15) is 4.39 Å². The van der Waals surface area contributed by atoms with Crippen LogP contribution in [0.25, 0.3) is 0 Å². The maximum absolute atomic E-state index is 13.8. The van der Waals surface area contributed by atoms with Gasteiger partial charge < -0.3 is 15.8 Å².